The molecule has 3 N–H and O–H groups in total. The van der Waals surface area contributed by atoms with Crippen molar-refractivity contribution in [2.75, 3.05) is 5.32 Å². The summed E-state index contributed by atoms with van der Waals surface area (Å²) >= 11 is 3.09. The van der Waals surface area contributed by atoms with Gasteiger partial charge in [-0.25, -0.2) is 14.0 Å². The number of urea groups is 1. The summed E-state index contributed by atoms with van der Waals surface area (Å²) in [5.74, 6) is -2.79. The van der Waals surface area contributed by atoms with Crippen molar-refractivity contribution in [1.82, 2.24) is 5.32 Å². The van der Waals surface area contributed by atoms with E-state index in [0.29, 0.717) is 16.6 Å². The van der Waals surface area contributed by atoms with Gasteiger partial charge in [0.15, 0.2) is 0 Å². The number of hydrogen-bond acceptors (Lipinski definition) is 3. The summed E-state index contributed by atoms with van der Waals surface area (Å²) in [6.45, 7) is 0. The average Bonchev–Trinajstić information content (AvgIpc) is 2.31. The molecular weight excluding hydrogens is 323 g/mol. The first-order chi connectivity index (χ1) is 8.88. The molecule has 1 rings (SSSR count). The Morgan fingerprint density at radius 3 is 2.58 bits per heavy atom. The molecule has 0 aliphatic rings. The topological polar surface area (TPSA) is 95.5 Å². The van der Waals surface area contributed by atoms with Crippen LogP contribution in [0.4, 0.5) is 14.9 Å². The van der Waals surface area contributed by atoms with Crippen LogP contribution in [0, 0.1) is 5.82 Å². The van der Waals surface area contributed by atoms with Gasteiger partial charge in [-0.2, -0.15) is 0 Å². The minimum Gasteiger partial charge on any atom is -0.478 e. The van der Waals surface area contributed by atoms with Crippen LogP contribution in [0.3, 0.4) is 0 Å². The average molecular weight is 331 g/mol. The lowest BCUT2D eigenvalue weighted by atomic mass is 10.3. The Hall–Kier alpha value is -2.22. The van der Waals surface area contributed by atoms with Gasteiger partial charge in [0.25, 0.3) is 5.91 Å². The lowest BCUT2D eigenvalue weighted by Gasteiger charge is -2.07. The quantitative estimate of drug-likeness (QED) is 0.737. The molecular formula is C11H8BrFN2O4. The first-order valence-electron chi connectivity index (χ1n) is 4.86. The summed E-state index contributed by atoms with van der Waals surface area (Å²) < 4.78 is 13.4. The number of carboxylic acid groups (broad SMARTS) is 1. The molecule has 0 saturated carbocycles. The minimum absolute atomic E-state index is 0.132. The molecule has 0 unspecified atom stereocenters. The summed E-state index contributed by atoms with van der Waals surface area (Å²) in [4.78, 5) is 32.6. The van der Waals surface area contributed by atoms with Crippen LogP contribution in [0.5, 0.6) is 0 Å². The zero-order valence-electron chi connectivity index (χ0n) is 9.31. The monoisotopic (exact) mass is 330 g/mol. The fourth-order valence-electron chi connectivity index (χ4n) is 1.05. The summed E-state index contributed by atoms with van der Waals surface area (Å²) in [6.07, 6.45) is 1.27. The summed E-state index contributed by atoms with van der Waals surface area (Å²) in [7, 11) is 0. The van der Waals surface area contributed by atoms with E-state index in [1.54, 1.807) is 0 Å². The second-order valence-electron chi connectivity index (χ2n) is 3.24. The summed E-state index contributed by atoms with van der Waals surface area (Å²) in [6, 6.07) is 2.72. The third-order valence-corrected chi connectivity index (χ3v) is 2.48. The Morgan fingerprint density at radius 1 is 1.26 bits per heavy atom. The van der Waals surface area contributed by atoms with Crippen molar-refractivity contribution < 1.29 is 23.9 Å². The highest BCUT2D eigenvalue weighted by atomic mass is 79.9. The molecule has 0 aliphatic heterocycles. The minimum atomic E-state index is -1.32. The van der Waals surface area contributed by atoms with E-state index in [4.69, 9.17) is 5.11 Å². The Kier molecular flexibility index (Phi) is 5.19. The van der Waals surface area contributed by atoms with Crippen molar-refractivity contribution in [1.29, 1.82) is 0 Å². The van der Waals surface area contributed by atoms with Crippen molar-refractivity contribution in [2.45, 2.75) is 0 Å². The fourth-order valence-corrected chi connectivity index (χ4v) is 1.39. The summed E-state index contributed by atoms with van der Waals surface area (Å²) in [5, 5.41) is 12.4. The lowest BCUT2D eigenvalue weighted by molar-refractivity contribution is -0.131. The number of aliphatic carboxylic acids is 1. The largest absolute Gasteiger partial charge is 0.478 e. The first kappa shape index (κ1) is 14.8. The molecule has 19 heavy (non-hydrogen) atoms. The van der Waals surface area contributed by atoms with Gasteiger partial charge in [0.2, 0.25) is 0 Å². The molecule has 1 aromatic rings. The van der Waals surface area contributed by atoms with E-state index in [2.05, 4.69) is 21.2 Å². The maximum atomic E-state index is 12.9. The molecule has 0 radical (unpaired) electrons. The van der Waals surface area contributed by atoms with E-state index in [0.717, 1.165) is 6.07 Å². The van der Waals surface area contributed by atoms with Crippen molar-refractivity contribution in [3.63, 3.8) is 0 Å². The third kappa shape index (κ3) is 5.30. The molecule has 8 heteroatoms. The molecule has 0 atom stereocenters. The third-order valence-electron chi connectivity index (χ3n) is 1.79. The molecule has 6 nitrogen and oxygen atoms in total. The van der Waals surface area contributed by atoms with E-state index in [-0.39, 0.29) is 5.69 Å². The molecule has 3 amide bonds. The number of anilines is 1. The van der Waals surface area contributed by atoms with Gasteiger partial charge in [0.1, 0.15) is 5.82 Å². The molecule has 0 spiro atoms. The van der Waals surface area contributed by atoms with Crippen LogP contribution < -0.4 is 10.6 Å². The van der Waals surface area contributed by atoms with Gasteiger partial charge in [0.05, 0.1) is 5.69 Å². The maximum Gasteiger partial charge on any atom is 0.328 e. The van der Waals surface area contributed by atoms with Crippen LogP contribution in [0.1, 0.15) is 0 Å². The normalized spacial score (nSPS) is 10.2. The van der Waals surface area contributed by atoms with Gasteiger partial charge in [-0.15, -0.1) is 0 Å². The molecule has 0 saturated heterocycles. The van der Waals surface area contributed by atoms with E-state index >= 15 is 0 Å². The molecule has 0 bridgehead atoms. The van der Waals surface area contributed by atoms with Crippen molar-refractivity contribution in [3.8, 4) is 0 Å². The Bertz CT molecular complexity index is 560. The van der Waals surface area contributed by atoms with Crippen LogP contribution in [-0.2, 0) is 9.59 Å². The van der Waals surface area contributed by atoms with Gasteiger partial charge in [-0.1, -0.05) is 0 Å². The van der Waals surface area contributed by atoms with Crippen molar-refractivity contribution >= 4 is 39.5 Å². The number of carbonyl (C=O) groups excluding carboxylic acids is 2. The van der Waals surface area contributed by atoms with E-state index in [1.807, 2.05) is 5.32 Å². The second kappa shape index (κ2) is 6.64. The van der Waals surface area contributed by atoms with Gasteiger partial charge >= 0.3 is 12.0 Å². The number of nitrogens with one attached hydrogen (secondary N) is 2. The standard InChI is InChI=1S/C11H8BrFN2O4/c12-7-2-1-6(13)5-8(7)14-11(19)15-9(16)3-4-10(17)18/h1-5H,(H,17,18)(H2,14,15,16,19)/b4-3+. The smallest absolute Gasteiger partial charge is 0.328 e. The van der Waals surface area contributed by atoms with Crippen molar-refractivity contribution in [3.05, 3.63) is 40.6 Å². The Balaban J connectivity index is 2.63. The first-order valence-corrected chi connectivity index (χ1v) is 5.66. The number of hydrogen-bond donors (Lipinski definition) is 3. The number of rotatable bonds is 3. The zero-order valence-corrected chi connectivity index (χ0v) is 10.9. The highest BCUT2D eigenvalue weighted by molar-refractivity contribution is 9.10. The number of halogens is 2. The predicted molar refractivity (Wildman–Crippen MR) is 68.0 cm³/mol. The van der Waals surface area contributed by atoms with Crippen LogP contribution in [0.25, 0.3) is 0 Å². The van der Waals surface area contributed by atoms with E-state index in [9.17, 15) is 18.8 Å². The SMILES string of the molecule is O=C(O)/C=C/C(=O)NC(=O)Nc1cc(F)ccc1Br. The molecule has 0 aromatic heterocycles. The second-order valence-corrected chi connectivity index (χ2v) is 4.09. The van der Waals surface area contributed by atoms with Gasteiger partial charge in [-0.3, -0.25) is 10.1 Å². The maximum absolute atomic E-state index is 12.9. The molecule has 0 aliphatic carbocycles. The molecule has 1 aromatic carbocycles. The summed E-state index contributed by atoms with van der Waals surface area (Å²) in [5.41, 5.74) is 0.132. The molecule has 0 fully saturated rings. The van der Waals surface area contributed by atoms with Gasteiger partial charge < -0.3 is 10.4 Å². The Morgan fingerprint density at radius 2 is 1.95 bits per heavy atom. The van der Waals surface area contributed by atoms with E-state index < -0.39 is 23.7 Å². The number of carboxylic acids is 1. The predicted octanol–water partition coefficient (Wildman–Crippen LogP) is 1.88. The van der Waals surface area contributed by atoms with Crippen molar-refractivity contribution in [2.24, 2.45) is 0 Å². The fraction of sp³-hybridized carbons (Fsp3) is 0. The number of amides is 3. The van der Waals surface area contributed by atoms with Crippen LogP contribution in [0.15, 0.2) is 34.8 Å². The Labute approximate surface area is 115 Å². The van der Waals surface area contributed by atoms with Crippen LogP contribution in [0.2, 0.25) is 0 Å². The van der Waals surface area contributed by atoms with E-state index in [1.165, 1.54) is 12.1 Å². The highest BCUT2D eigenvalue weighted by Crippen LogP contribution is 2.22. The van der Waals surface area contributed by atoms with Gasteiger partial charge in [-0.05, 0) is 34.1 Å². The highest BCUT2D eigenvalue weighted by Gasteiger charge is 2.08. The number of imide groups is 1. The lowest BCUT2D eigenvalue weighted by Crippen LogP contribution is -2.33. The molecule has 0 heterocycles. The number of carbonyl (C=O) groups is 3. The van der Waals surface area contributed by atoms with Crippen LogP contribution >= 0.6 is 15.9 Å². The van der Waals surface area contributed by atoms with Gasteiger partial charge in [0, 0.05) is 16.6 Å². The molecule has 100 valence electrons. The zero-order chi connectivity index (χ0) is 14.4. The van der Waals surface area contributed by atoms with Crippen LogP contribution in [-0.4, -0.2) is 23.0 Å². The number of benzene rings is 1.